The maximum atomic E-state index is 12.5. The molecule has 1 aromatic carbocycles. The zero-order valence-corrected chi connectivity index (χ0v) is 11.6. The van der Waals surface area contributed by atoms with Gasteiger partial charge in [0, 0.05) is 17.7 Å². The van der Waals surface area contributed by atoms with Crippen molar-refractivity contribution in [2.45, 2.75) is 33.6 Å². The molecule has 0 spiro atoms. The number of ketones is 1. The van der Waals surface area contributed by atoms with E-state index in [1.807, 2.05) is 6.92 Å². The van der Waals surface area contributed by atoms with Crippen LogP contribution >= 0.6 is 0 Å². The normalized spacial score (nSPS) is 21.8. The third-order valence-electron chi connectivity index (χ3n) is 4.28. The van der Waals surface area contributed by atoms with E-state index in [4.69, 9.17) is 5.11 Å². The Hall–Kier alpha value is -1.39. The first-order chi connectivity index (χ1) is 8.87. The SMILES string of the molecule is Cc1c(O)c2c(c(C)c1CCO)C(=O)C(C)(CO)C2. The van der Waals surface area contributed by atoms with Gasteiger partial charge in [0.2, 0.25) is 0 Å². The van der Waals surface area contributed by atoms with Crippen LogP contribution in [0.3, 0.4) is 0 Å². The second-order valence-corrected chi connectivity index (χ2v) is 5.63. The lowest BCUT2D eigenvalue weighted by atomic mass is 9.86. The smallest absolute Gasteiger partial charge is 0.172 e. The van der Waals surface area contributed by atoms with Gasteiger partial charge in [-0.15, -0.1) is 0 Å². The summed E-state index contributed by atoms with van der Waals surface area (Å²) in [5.41, 5.74) is 2.70. The predicted octanol–water partition coefficient (Wildman–Crippen LogP) is 1.28. The van der Waals surface area contributed by atoms with Crippen LogP contribution in [0.4, 0.5) is 0 Å². The zero-order valence-electron chi connectivity index (χ0n) is 11.6. The van der Waals surface area contributed by atoms with Gasteiger partial charge < -0.3 is 15.3 Å². The van der Waals surface area contributed by atoms with Crippen LogP contribution in [0.2, 0.25) is 0 Å². The summed E-state index contributed by atoms with van der Waals surface area (Å²) < 4.78 is 0. The largest absolute Gasteiger partial charge is 0.507 e. The van der Waals surface area contributed by atoms with E-state index in [0.29, 0.717) is 24.0 Å². The maximum absolute atomic E-state index is 12.5. The summed E-state index contributed by atoms with van der Waals surface area (Å²) in [5, 5.41) is 28.8. The molecule has 1 aliphatic carbocycles. The highest BCUT2D eigenvalue weighted by Gasteiger charge is 2.44. The molecule has 0 bridgehead atoms. The molecule has 4 heteroatoms. The maximum Gasteiger partial charge on any atom is 0.172 e. The fourth-order valence-electron chi connectivity index (χ4n) is 3.01. The second kappa shape index (κ2) is 4.62. The third kappa shape index (κ3) is 1.86. The Labute approximate surface area is 112 Å². The van der Waals surface area contributed by atoms with E-state index in [-0.39, 0.29) is 24.7 Å². The second-order valence-electron chi connectivity index (χ2n) is 5.63. The van der Waals surface area contributed by atoms with Gasteiger partial charge >= 0.3 is 0 Å². The first kappa shape index (κ1) is 14.0. The van der Waals surface area contributed by atoms with Gasteiger partial charge in [-0.1, -0.05) is 0 Å². The van der Waals surface area contributed by atoms with Gasteiger partial charge in [-0.05, 0) is 50.3 Å². The van der Waals surface area contributed by atoms with Crippen molar-refractivity contribution in [3.8, 4) is 5.75 Å². The van der Waals surface area contributed by atoms with Crippen LogP contribution in [0.25, 0.3) is 0 Å². The van der Waals surface area contributed by atoms with Gasteiger partial charge in [0.25, 0.3) is 0 Å². The van der Waals surface area contributed by atoms with Crippen LogP contribution in [-0.4, -0.2) is 34.3 Å². The number of rotatable bonds is 3. The minimum atomic E-state index is -0.838. The van der Waals surface area contributed by atoms with Crippen molar-refractivity contribution in [2.24, 2.45) is 5.41 Å². The number of aliphatic hydroxyl groups excluding tert-OH is 2. The zero-order chi connectivity index (χ0) is 14.4. The minimum Gasteiger partial charge on any atom is -0.507 e. The summed E-state index contributed by atoms with van der Waals surface area (Å²) in [6.45, 7) is 5.11. The van der Waals surface area contributed by atoms with Crippen molar-refractivity contribution >= 4 is 5.78 Å². The van der Waals surface area contributed by atoms with Crippen molar-refractivity contribution in [1.29, 1.82) is 0 Å². The highest BCUT2D eigenvalue weighted by Crippen LogP contribution is 2.44. The van der Waals surface area contributed by atoms with Gasteiger partial charge in [0.05, 0.1) is 12.0 Å². The Morgan fingerprint density at radius 3 is 2.37 bits per heavy atom. The summed E-state index contributed by atoms with van der Waals surface area (Å²) >= 11 is 0. The number of carbonyl (C=O) groups is 1. The summed E-state index contributed by atoms with van der Waals surface area (Å²) in [7, 11) is 0. The van der Waals surface area contributed by atoms with Crippen LogP contribution in [0.15, 0.2) is 0 Å². The molecule has 104 valence electrons. The molecular weight excluding hydrogens is 244 g/mol. The molecule has 4 nitrogen and oxygen atoms in total. The van der Waals surface area contributed by atoms with Gasteiger partial charge in [-0.3, -0.25) is 4.79 Å². The van der Waals surface area contributed by atoms with Crippen LogP contribution in [0, 0.1) is 19.3 Å². The molecular formula is C15H20O4. The molecule has 19 heavy (non-hydrogen) atoms. The number of Topliss-reactive ketones (excluding diaryl/α,β-unsaturated/α-hetero) is 1. The fourth-order valence-corrected chi connectivity index (χ4v) is 3.01. The Morgan fingerprint density at radius 1 is 1.21 bits per heavy atom. The monoisotopic (exact) mass is 264 g/mol. The van der Waals surface area contributed by atoms with Crippen molar-refractivity contribution in [3.63, 3.8) is 0 Å². The average molecular weight is 264 g/mol. The van der Waals surface area contributed by atoms with Crippen LogP contribution in [-0.2, 0) is 12.8 Å². The lowest BCUT2D eigenvalue weighted by Gasteiger charge is -2.17. The van der Waals surface area contributed by atoms with Crippen molar-refractivity contribution < 1.29 is 20.1 Å². The number of phenolic OH excluding ortho intramolecular Hbond substituents is 1. The van der Waals surface area contributed by atoms with Crippen LogP contribution in [0.1, 0.15) is 39.5 Å². The number of carbonyl (C=O) groups excluding carboxylic acids is 1. The molecule has 0 heterocycles. The molecule has 0 fully saturated rings. The lowest BCUT2D eigenvalue weighted by Crippen LogP contribution is -2.28. The molecule has 1 unspecified atom stereocenters. The summed E-state index contributed by atoms with van der Waals surface area (Å²) in [6, 6.07) is 0. The third-order valence-corrected chi connectivity index (χ3v) is 4.28. The predicted molar refractivity (Wildman–Crippen MR) is 71.6 cm³/mol. The fraction of sp³-hybridized carbons (Fsp3) is 0.533. The van der Waals surface area contributed by atoms with E-state index in [0.717, 1.165) is 16.7 Å². The molecule has 0 aromatic heterocycles. The number of aromatic hydroxyl groups is 1. The van der Waals surface area contributed by atoms with Crippen molar-refractivity contribution in [2.75, 3.05) is 13.2 Å². The van der Waals surface area contributed by atoms with Gasteiger partial charge in [0.15, 0.2) is 5.78 Å². The molecule has 0 aliphatic heterocycles. The van der Waals surface area contributed by atoms with Crippen molar-refractivity contribution in [1.82, 2.24) is 0 Å². The van der Waals surface area contributed by atoms with Crippen LogP contribution < -0.4 is 0 Å². The number of hydrogen-bond acceptors (Lipinski definition) is 4. The van der Waals surface area contributed by atoms with E-state index in [9.17, 15) is 15.0 Å². The molecule has 0 saturated heterocycles. The molecule has 0 radical (unpaired) electrons. The Bertz CT molecular complexity index is 548. The standard InChI is InChI=1S/C15H20O4/c1-8-10(4-5-16)9(2)13(18)11-6-15(3,7-17)14(19)12(8)11/h16-18H,4-7H2,1-3H3. The van der Waals surface area contributed by atoms with Gasteiger partial charge in [-0.2, -0.15) is 0 Å². The van der Waals surface area contributed by atoms with Gasteiger partial charge in [0.1, 0.15) is 5.75 Å². The van der Waals surface area contributed by atoms with Crippen LogP contribution in [0.5, 0.6) is 5.75 Å². The summed E-state index contributed by atoms with van der Waals surface area (Å²) in [6.07, 6.45) is 0.784. The quantitative estimate of drug-likeness (QED) is 0.768. The van der Waals surface area contributed by atoms with Gasteiger partial charge in [-0.25, -0.2) is 0 Å². The van der Waals surface area contributed by atoms with E-state index >= 15 is 0 Å². The number of aliphatic hydroxyl groups is 2. The lowest BCUT2D eigenvalue weighted by molar-refractivity contribution is 0.0721. The first-order valence-corrected chi connectivity index (χ1v) is 6.47. The number of phenols is 1. The average Bonchev–Trinajstić information content (AvgIpc) is 2.66. The number of hydrogen-bond donors (Lipinski definition) is 3. The van der Waals surface area contributed by atoms with Crippen molar-refractivity contribution in [3.05, 3.63) is 27.8 Å². The highest BCUT2D eigenvalue weighted by atomic mass is 16.3. The summed E-state index contributed by atoms with van der Waals surface area (Å²) in [4.78, 5) is 12.5. The van der Waals surface area contributed by atoms with E-state index in [1.165, 1.54) is 0 Å². The molecule has 0 saturated carbocycles. The molecule has 1 aliphatic rings. The highest BCUT2D eigenvalue weighted by molar-refractivity contribution is 6.07. The first-order valence-electron chi connectivity index (χ1n) is 6.47. The van der Waals surface area contributed by atoms with E-state index in [2.05, 4.69) is 0 Å². The van der Waals surface area contributed by atoms with E-state index in [1.54, 1.807) is 13.8 Å². The summed E-state index contributed by atoms with van der Waals surface area (Å²) in [5.74, 6) is 0.0200. The number of fused-ring (bicyclic) bond motifs is 1. The molecule has 1 aromatic rings. The molecule has 0 amide bonds. The minimum absolute atomic E-state index is 0.0225. The Kier molecular flexibility index (Phi) is 3.41. The topological polar surface area (TPSA) is 77.8 Å². The Balaban J connectivity index is 2.70. The Morgan fingerprint density at radius 2 is 1.84 bits per heavy atom. The molecule has 3 N–H and O–H groups in total. The number of benzene rings is 1. The van der Waals surface area contributed by atoms with E-state index < -0.39 is 5.41 Å². The molecule has 1 atom stereocenters. The molecule has 2 rings (SSSR count).